The number of hydrogen-bond acceptors (Lipinski definition) is 5. The first-order chi connectivity index (χ1) is 6.41. The second kappa shape index (κ2) is 5.87. The van der Waals surface area contributed by atoms with Crippen molar-refractivity contribution in [2.75, 3.05) is 0 Å². The summed E-state index contributed by atoms with van der Waals surface area (Å²) in [5.74, 6) is -0.646. The van der Waals surface area contributed by atoms with Gasteiger partial charge in [0.25, 0.3) is 0 Å². The molecule has 0 saturated carbocycles. The topological polar surface area (TPSA) is 98.0 Å². The van der Waals surface area contributed by atoms with Crippen LogP contribution in [0.25, 0.3) is 0 Å². The van der Waals surface area contributed by atoms with Crippen molar-refractivity contribution in [1.82, 2.24) is 0 Å². The molecule has 14 heavy (non-hydrogen) atoms. The second-order valence-corrected chi connectivity index (χ2v) is 3.13. The van der Waals surface area contributed by atoms with E-state index in [1.165, 1.54) is 13.0 Å². The molecule has 0 aromatic carbocycles. The largest absolute Gasteiger partial charge is 0.391 e. The third-order valence-electron chi connectivity index (χ3n) is 1.84. The van der Waals surface area contributed by atoms with E-state index in [9.17, 15) is 15.0 Å². The molecular formula is C9H16O5. The van der Waals surface area contributed by atoms with Crippen LogP contribution in [0.15, 0.2) is 12.7 Å². The lowest BCUT2D eigenvalue weighted by Gasteiger charge is -2.23. The molecule has 5 nitrogen and oxygen atoms in total. The Balaban J connectivity index is 4.29. The number of hydrogen-bond donors (Lipinski definition) is 4. The van der Waals surface area contributed by atoms with Crippen molar-refractivity contribution in [1.29, 1.82) is 0 Å². The van der Waals surface area contributed by atoms with Gasteiger partial charge in [-0.25, -0.2) is 0 Å². The van der Waals surface area contributed by atoms with Crippen LogP contribution in [0.1, 0.15) is 13.3 Å². The molecule has 0 aliphatic heterocycles. The Kier molecular flexibility index (Phi) is 5.56. The zero-order chi connectivity index (χ0) is 11.3. The van der Waals surface area contributed by atoms with E-state index in [1.807, 2.05) is 0 Å². The number of aliphatic hydroxyl groups is 4. The molecule has 0 heterocycles. The van der Waals surface area contributed by atoms with Crippen molar-refractivity contribution in [2.45, 2.75) is 37.8 Å². The first-order valence-corrected chi connectivity index (χ1v) is 4.27. The molecule has 0 bridgehead atoms. The minimum Gasteiger partial charge on any atom is -0.391 e. The van der Waals surface area contributed by atoms with Gasteiger partial charge >= 0.3 is 0 Å². The van der Waals surface area contributed by atoms with Crippen molar-refractivity contribution < 1.29 is 25.2 Å². The van der Waals surface area contributed by atoms with Crippen LogP contribution in [0.3, 0.4) is 0 Å². The second-order valence-electron chi connectivity index (χ2n) is 3.13. The van der Waals surface area contributed by atoms with E-state index in [4.69, 9.17) is 10.2 Å². The predicted octanol–water partition coefficient (Wildman–Crippen LogP) is -1.40. The van der Waals surface area contributed by atoms with E-state index in [2.05, 4.69) is 6.58 Å². The highest BCUT2D eigenvalue weighted by atomic mass is 16.4. The molecule has 82 valence electrons. The first kappa shape index (κ1) is 13.2. The molecule has 0 aliphatic carbocycles. The minimum atomic E-state index is -1.70. The number of rotatable bonds is 6. The molecule has 4 N–H and O–H groups in total. The van der Waals surface area contributed by atoms with Crippen molar-refractivity contribution in [2.24, 2.45) is 0 Å². The number of carbonyl (C=O) groups excluding carboxylic acids is 1. The molecule has 0 aromatic heterocycles. The molecule has 0 saturated heterocycles. The molecule has 0 amide bonds. The van der Waals surface area contributed by atoms with Crippen LogP contribution in [0.2, 0.25) is 0 Å². The lowest BCUT2D eigenvalue weighted by atomic mass is 9.99. The average molecular weight is 204 g/mol. The summed E-state index contributed by atoms with van der Waals surface area (Å²) in [5, 5.41) is 36.5. The highest BCUT2D eigenvalue weighted by Gasteiger charge is 2.31. The van der Waals surface area contributed by atoms with Gasteiger partial charge in [-0.05, 0) is 6.92 Å². The summed E-state index contributed by atoms with van der Waals surface area (Å²) >= 11 is 0. The minimum absolute atomic E-state index is 0.0925. The maximum Gasteiger partial charge on any atom is 0.167 e. The highest BCUT2D eigenvalue weighted by Crippen LogP contribution is 2.07. The average Bonchev–Trinajstić information content (AvgIpc) is 2.14. The molecule has 5 heteroatoms. The zero-order valence-electron chi connectivity index (χ0n) is 8.00. The molecule has 0 rings (SSSR count). The predicted molar refractivity (Wildman–Crippen MR) is 49.5 cm³/mol. The fraction of sp³-hybridized carbons (Fsp3) is 0.667. The molecular weight excluding hydrogens is 188 g/mol. The summed E-state index contributed by atoms with van der Waals surface area (Å²) in [7, 11) is 0. The van der Waals surface area contributed by atoms with E-state index >= 15 is 0 Å². The van der Waals surface area contributed by atoms with Gasteiger partial charge in [0, 0.05) is 6.42 Å². The van der Waals surface area contributed by atoms with E-state index < -0.39 is 30.2 Å². The van der Waals surface area contributed by atoms with Crippen LogP contribution in [-0.2, 0) is 4.79 Å². The van der Waals surface area contributed by atoms with Crippen LogP contribution in [0.5, 0.6) is 0 Å². The normalized spacial score (nSPS) is 19.5. The van der Waals surface area contributed by atoms with E-state index in [0.29, 0.717) is 0 Å². The fourth-order valence-electron chi connectivity index (χ4n) is 0.926. The van der Waals surface area contributed by atoms with E-state index in [-0.39, 0.29) is 6.42 Å². The van der Waals surface area contributed by atoms with Crippen molar-refractivity contribution in [3.63, 3.8) is 0 Å². The maximum atomic E-state index is 11.0. The molecule has 0 radical (unpaired) electrons. The lowest BCUT2D eigenvalue weighted by Crippen LogP contribution is -2.46. The molecule has 0 aromatic rings. The Hall–Kier alpha value is -0.750. The Bertz CT molecular complexity index is 201. The van der Waals surface area contributed by atoms with Crippen molar-refractivity contribution in [3.8, 4) is 0 Å². The Morgan fingerprint density at radius 3 is 2.14 bits per heavy atom. The van der Waals surface area contributed by atoms with Crippen LogP contribution in [0, 0.1) is 0 Å². The van der Waals surface area contributed by atoms with Crippen molar-refractivity contribution in [3.05, 3.63) is 12.7 Å². The zero-order valence-corrected chi connectivity index (χ0v) is 8.00. The summed E-state index contributed by atoms with van der Waals surface area (Å²) in [4.78, 5) is 11.0. The fourth-order valence-corrected chi connectivity index (χ4v) is 0.926. The number of carbonyl (C=O) groups is 1. The maximum absolute atomic E-state index is 11.0. The van der Waals surface area contributed by atoms with Crippen LogP contribution >= 0.6 is 0 Å². The summed E-state index contributed by atoms with van der Waals surface area (Å²) in [6.07, 6.45) is -4.94. The Labute approximate surface area is 82.3 Å². The van der Waals surface area contributed by atoms with Gasteiger partial charge in [0.15, 0.2) is 5.78 Å². The van der Waals surface area contributed by atoms with Crippen molar-refractivity contribution >= 4 is 5.78 Å². The van der Waals surface area contributed by atoms with E-state index in [1.54, 1.807) is 0 Å². The van der Waals surface area contributed by atoms with Crippen LogP contribution < -0.4 is 0 Å². The van der Waals surface area contributed by atoms with Gasteiger partial charge in [-0.3, -0.25) is 4.79 Å². The van der Waals surface area contributed by atoms with Crippen LogP contribution in [-0.4, -0.2) is 50.6 Å². The first-order valence-electron chi connectivity index (χ1n) is 4.27. The smallest absolute Gasteiger partial charge is 0.167 e. The quantitative estimate of drug-likeness (QED) is 0.399. The number of aliphatic hydroxyl groups excluding tert-OH is 4. The molecule has 0 spiro atoms. The number of ketones is 1. The Morgan fingerprint density at radius 2 is 1.79 bits per heavy atom. The van der Waals surface area contributed by atoms with E-state index in [0.717, 1.165) is 0 Å². The van der Waals surface area contributed by atoms with Crippen LogP contribution in [0.4, 0.5) is 0 Å². The third-order valence-corrected chi connectivity index (χ3v) is 1.84. The Morgan fingerprint density at radius 1 is 1.29 bits per heavy atom. The standard InChI is InChI=1S/C9H16O5/c1-3-4-6(11)8(13)9(14)7(12)5(2)10/h3,5,7-10,12-14H,1,4H2,2H3. The lowest BCUT2D eigenvalue weighted by molar-refractivity contribution is -0.143. The molecule has 4 atom stereocenters. The molecule has 0 aliphatic rings. The molecule has 4 unspecified atom stereocenters. The number of Topliss-reactive ketones (excluding diaryl/α,β-unsaturated/α-hetero) is 1. The van der Waals surface area contributed by atoms with Gasteiger partial charge in [-0.1, -0.05) is 6.08 Å². The molecule has 0 fully saturated rings. The summed E-state index contributed by atoms with van der Waals surface area (Å²) in [5.41, 5.74) is 0. The van der Waals surface area contributed by atoms with Gasteiger partial charge in [0.2, 0.25) is 0 Å². The monoisotopic (exact) mass is 204 g/mol. The van der Waals surface area contributed by atoms with Gasteiger partial charge in [0.05, 0.1) is 6.10 Å². The number of allylic oxidation sites excluding steroid dienone is 1. The SMILES string of the molecule is C=CCC(=O)C(O)C(O)C(O)C(C)O. The van der Waals surface area contributed by atoms with Gasteiger partial charge in [0.1, 0.15) is 18.3 Å². The van der Waals surface area contributed by atoms with Gasteiger partial charge in [-0.15, -0.1) is 6.58 Å². The summed E-state index contributed by atoms with van der Waals surface area (Å²) in [6.45, 7) is 4.55. The third kappa shape index (κ3) is 3.55. The van der Waals surface area contributed by atoms with Gasteiger partial charge < -0.3 is 20.4 Å². The summed E-state index contributed by atoms with van der Waals surface area (Å²) in [6, 6.07) is 0. The van der Waals surface area contributed by atoms with Gasteiger partial charge in [-0.2, -0.15) is 0 Å². The summed E-state index contributed by atoms with van der Waals surface area (Å²) < 4.78 is 0. The highest BCUT2D eigenvalue weighted by molar-refractivity contribution is 5.84.